The second-order valence-corrected chi connectivity index (χ2v) is 4.65. The molecule has 1 fully saturated rings. The first kappa shape index (κ1) is 11.5. The molecule has 1 aliphatic heterocycles. The Labute approximate surface area is 96.2 Å². The lowest BCUT2D eigenvalue weighted by Gasteiger charge is -2.27. The first-order chi connectivity index (χ1) is 7.75. The standard InChI is InChI=1S/C11H20N4O/c1-9(2)15(6-10-4-3-5-12-10)7-11-13-8-14-16-11/h8-10,12H,3-7H2,1-2H3. The Morgan fingerprint density at radius 1 is 1.62 bits per heavy atom. The molecule has 0 aromatic carbocycles. The predicted molar refractivity (Wildman–Crippen MR) is 60.9 cm³/mol. The Morgan fingerprint density at radius 3 is 3.06 bits per heavy atom. The van der Waals surface area contributed by atoms with Crippen molar-refractivity contribution < 1.29 is 4.52 Å². The topological polar surface area (TPSA) is 54.2 Å². The Morgan fingerprint density at radius 2 is 2.50 bits per heavy atom. The van der Waals surface area contributed by atoms with Gasteiger partial charge in [0.1, 0.15) is 0 Å². The molecule has 2 heterocycles. The molecule has 5 heteroatoms. The number of rotatable bonds is 5. The molecule has 1 aromatic heterocycles. The second kappa shape index (κ2) is 5.41. The minimum Gasteiger partial charge on any atom is -0.338 e. The molecule has 0 radical (unpaired) electrons. The van der Waals surface area contributed by atoms with Gasteiger partial charge in [-0.25, -0.2) is 0 Å². The maximum atomic E-state index is 5.06. The SMILES string of the molecule is CC(C)N(Cc1ncno1)CC1CCCN1. The van der Waals surface area contributed by atoms with Crippen molar-refractivity contribution in [3.05, 3.63) is 12.2 Å². The van der Waals surface area contributed by atoms with Gasteiger partial charge in [-0.05, 0) is 33.2 Å². The summed E-state index contributed by atoms with van der Waals surface area (Å²) in [4.78, 5) is 6.44. The Kier molecular flexibility index (Phi) is 3.90. The highest BCUT2D eigenvalue weighted by Gasteiger charge is 2.20. The van der Waals surface area contributed by atoms with E-state index in [4.69, 9.17) is 4.52 Å². The summed E-state index contributed by atoms with van der Waals surface area (Å²) in [5.41, 5.74) is 0. The van der Waals surface area contributed by atoms with Crippen LogP contribution in [0.4, 0.5) is 0 Å². The summed E-state index contributed by atoms with van der Waals surface area (Å²) >= 11 is 0. The van der Waals surface area contributed by atoms with Crippen LogP contribution in [0.3, 0.4) is 0 Å². The third-order valence-corrected chi connectivity index (χ3v) is 3.09. The molecule has 0 spiro atoms. The zero-order valence-corrected chi connectivity index (χ0v) is 10.0. The predicted octanol–water partition coefficient (Wildman–Crippen LogP) is 1.03. The number of nitrogens with one attached hydrogen (secondary N) is 1. The molecular formula is C11H20N4O. The van der Waals surface area contributed by atoms with Crippen LogP contribution in [0.25, 0.3) is 0 Å². The van der Waals surface area contributed by atoms with Crippen LogP contribution < -0.4 is 5.32 Å². The fourth-order valence-corrected chi connectivity index (χ4v) is 2.09. The van der Waals surface area contributed by atoms with E-state index in [1.807, 2.05) is 0 Å². The summed E-state index contributed by atoms with van der Waals surface area (Å²) in [6.07, 6.45) is 4.02. The lowest BCUT2D eigenvalue weighted by Crippen LogP contribution is -2.40. The van der Waals surface area contributed by atoms with Gasteiger partial charge in [0.2, 0.25) is 5.89 Å². The molecule has 1 unspecified atom stereocenters. The van der Waals surface area contributed by atoms with E-state index < -0.39 is 0 Å². The summed E-state index contributed by atoms with van der Waals surface area (Å²) < 4.78 is 5.06. The number of hydrogen-bond donors (Lipinski definition) is 1. The van der Waals surface area contributed by atoms with Gasteiger partial charge in [-0.2, -0.15) is 4.98 Å². The van der Waals surface area contributed by atoms with Gasteiger partial charge in [-0.1, -0.05) is 5.16 Å². The fraction of sp³-hybridized carbons (Fsp3) is 0.818. The van der Waals surface area contributed by atoms with Crippen LogP contribution in [0.1, 0.15) is 32.6 Å². The zero-order valence-electron chi connectivity index (χ0n) is 10.0. The van der Waals surface area contributed by atoms with E-state index in [0.29, 0.717) is 18.0 Å². The molecule has 0 bridgehead atoms. The van der Waals surface area contributed by atoms with Gasteiger partial charge in [-0.3, -0.25) is 4.90 Å². The molecule has 1 aromatic rings. The smallest absolute Gasteiger partial charge is 0.240 e. The monoisotopic (exact) mass is 224 g/mol. The first-order valence-corrected chi connectivity index (χ1v) is 5.98. The lowest BCUT2D eigenvalue weighted by atomic mass is 10.2. The van der Waals surface area contributed by atoms with Crippen LogP contribution in [0.5, 0.6) is 0 Å². The van der Waals surface area contributed by atoms with E-state index in [9.17, 15) is 0 Å². The Hall–Kier alpha value is -0.940. The highest BCUT2D eigenvalue weighted by Crippen LogP contribution is 2.11. The molecule has 2 rings (SSSR count). The van der Waals surface area contributed by atoms with E-state index >= 15 is 0 Å². The molecular weight excluding hydrogens is 204 g/mol. The Balaban J connectivity index is 1.89. The van der Waals surface area contributed by atoms with Crippen molar-refractivity contribution in [3.8, 4) is 0 Å². The first-order valence-electron chi connectivity index (χ1n) is 5.98. The van der Waals surface area contributed by atoms with Crippen LogP contribution in [0, 0.1) is 0 Å². The van der Waals surface area contributed by atoms with E-state index in [1.54, 1.807) is 0 Å². The van der Waals surface area contributed by atoms with Crippen LogP contribution in [0.15, 0.2) is 10.9 Å². The van der Waals surface area contributed by atoms with Gasteiger partial charge in [0.15, 0.2) is 6.33 Å². The van der Waals surface area contributed by atoms with Gasteiger partial charge >= 0.3 is 0 Å². The minimum atomic E-state index is 0.495. The van der Waals surface area contributed by atoms with Gasteiger partial charge in [0.25, 0.3) is 0 Å². The van der Waals surface area contributed by atoms with Gasteiger partial charge in [0, 0.05) is 18.6 Å². The van der Waals surface area contributed by atoms with E-state index in [-0.39, 0.29) is 0 Å². The maximum Gasteiger partial charge on any atom is 0.240 e. The van der Waals surface area contributed by atoms with Crippen molar-refractivity contribution in [2.75, 3.05) is 13.1 Å². The molecule has 1 saturated heterocycles. The minimum absolute atomic E-state index is 0.495. The van der Waals surface area contributed by atoms with E-state index in [2.05, 4.69) is 34.2 Å². The van der Waals surface area contributed by atoms with Crippen molar-refractivity contribution in [1.82, 2.24) is 20.4 Å². The maximum absolute atomic E-state index is 5.06. The third kappa shape index (κ3) is 3.02. The van der Waals surface area contributed by atoms with Gasteiger partial charge in [-0.15, -0.1) is 0 Å². The highest BCUT2D eigenvalue weighted by molar-refractivity contribution is 4.82. The molecule has 1 aliphatic rings. The summed E-state index contributed by atoms with van der Waals surface area (Å²) in [5, 5.41) is 7.15. The lowest BCUT2D eigenvalue weighted by molar-refractivity contribution is 0.170. The molecule has 1 atom stereocenters. The normalized spacial score (nSPS) is 21.1. The molecule has 0 saturated carbocycles. The zero-order chi connectivity index (χ0) is 11.4. The Bertz CT molecular complexity index is 293. The molecule has 0 amide bonds. The van der Waals surface area contributed by atoms with Crippen LogP contribution in [-0.2, 0) is 6.54 Å². The summed E-state index contributed by atoms with van der Waals surface area (Å²) in [5.74, 6) is 0.701. The van der Waals surface area contributed by atoms with Gasteiger partial charge in [0.05, 0.1) is 6.54 Å². The van der Waals surface area contributed by atoms with E-state index in [1.165, 1.54) is 19.2 Å². The quantitative estimate of drug-likeness (QED) is 0.809. The van der Waals surface area contributed by atoms with Crippen LogP contribution in [-0.4, -0.2) is 40.2 Å². The number of aromatic nitrogens is 2. The number of hydrogen-bond acceptors (Lipinski definition) is 5. The molecule has 0 aliphatic carbocycles. The van der Waals surface area contributed by atoms with Crippen molar-refractivity contribution in [2.45, 2.75) is 45.3 Å². The fourth-order valence-electron chi connectivity index (χ4n) is 2.09. The van der Waals surface area contributed by atoms with Gasteiger partial charge < -0.3 is 9.84 Å². The van der Waals surface area contributed by atoms with Crippen molar-refractivity contribution >= 4 is 0 Å². The molecule has 16 heavy (non-hydrogen) atoms. The third-order valence-electron chi connectivity index (χ3n) is 3.09. The van der Waals surface area contributed by atoms with E-state index in [0.717, 1.165) is 19.6 Å². The average molecular weight is 224 g/mol. The van der Waals surface area contributed by atoms with Crippen molar-refractivity contribution in [1.29, 1.82) is 0 Å². The summed E-state index contributed by atoms with van der Waals surface area (Å²) in [7, 11) is 0. The van der Waals surface area contributed by atoms with Crippen LogP contribution >= 0.6 is 0 Å². The summed E-state index contributed by atoms with van der Waals surface area (Å²) in [6, 6.07) is 1.11. The molecule has 1 N–H and O–H groups in total. The highest BCUT2D eigenvalue weighted by atomic mass is 16.5. The van der Waals surface area contributed by atoms with Crippen molar-refractivity contribution in [3.63, 3.8) is 0 Å². The molecule has 90 valence electrons. The number of nitrogens with zero attached hydrogens (tertiary/aromatic N) is 3. The largest absolute Gasteiger partial charge is 0.338 e. The average Bonchev–Trinajstić information content (AvgIpc) is 2.88. The van der Waals surface area contributed by atoms with Crippen LogP contribution in [0.2, 0.25) is 0 Å². The van der Waals surface area contributed by atoms with Crippen molar-refractivity contribution in [2.24, 2.45) is 0 Å². The second-order valence-electron chi connectivity index (χ2n) is 4.65. The summed E-state index contributed by atoms with van der Waals surface area (Å²) in [6.45, 7) is 7.35. The molecule has 5 nitrogen and oxygen atoms in total.